The molecule has 0 amide bonds. The average molecular weight is 405 g/mol. The Kier molecular flexibility index (Phi) is 9.71. The van der Waals surface area contributed by atoms with Gasteiger partial charge in [0.15, 0.2) is 5.96 Å². The van der Waals surface area contributed by atoms with Crippen LogP contribution in [-0.2, 0) is 11.3 Å². The molecule has 2 aromatic heterocycles. The second kappa shape index (κ2) is 12.3. The summed E-state index contributed by atoms with van der Waals surface area (Å²) in [5, 5.41) is 9.79. The third-order valence-corrected chi connectivity index (χ3v) is 5.24. The molecule has 2 heterocycles. The molecule has 0 radical (unpaired) electrons. The molecule has 0 fully saturated rings. The van der Waals surface area contributed by atoms with Crippen LogP contribution in [-0.4, -0.2) is 54.6 Å². The highest BCUT2D eigenvalue weighted by atomic mass is 32.1. The van der Waals surface area contributed by atoms with Gasteiger partial charge in [0.05, 0.1) is 12.2 Å². The molecule has 0 saturated carbocycles. The third-order valence-electron chi connectivity index (χ3n) is 4.18. The van der Waals surface area contributed by atoms with Gasteiger partial charge >= 0.3 is 0 Å². The molecule has 2 rings (SSSR count). The molecular weight excluding hydrogens is 372 g/mol. The van der Waals surface area contributed by atoms with Gasteiger partial charge in [-0.15, -0.1) is 11.3 Å². The SMILES string of the molecule is CCNC(=NCCCCNc1ccccn1)N(C)Cc1csc(C(C)OC)n1. The number of aromatic nitrogens is 2. The minimum atomic E-state index is 0.0330. The number of nitrogens with one attached hydrogen (secondary N) is 2. The fourth-order valence-electron chi connectivity index (χ4n) is 2.58. The van der Waals surface area contributed by atoms with Crippen molar-refractivity contribution in [3.05, 3.63) is 40.5 Å². The largest absolute Gasteiger partial charge is 0.375 e. The first-order valence-electron chi connectivity index (χ1n) is 9.75. The van der Waals surface area contributed by atoms with E-state index >= 15 is 0 Å². The summed E-state index contributed by atoms with van der Waals surface area (Å²) in [6.45, 7) is 7.35. The lowest BCUT2D eigenvalue weighted by Gasteiger charge is -2.21. The fourth-order valence-corrected chi connectivity index (χ4v) is 3.42. The number of unbranched alkanes of at least 4 members (excludes halogenated alkanes) is 1. The van der Waals surface area contributed by atoms with E-state index in [1.807, 2.05) is 32.2 Å². The number of hydrogen-bond acceptors (Lipinski definition) is 6. The zero-order chi connectivity index (χ0) is 20.2. The maximum atomic E-state index is 5.34. The Hall–Kier alpha value is -2.19. The number of anilines is 1. The van der Waals surface area contributed by atoms with Crippen LogP contribution in [0.1, 0.15) is 43.5 Å². The maximum Gasteiger partial charge on any atom is 0.194 e. The minimum absolute atomic E-state index is 0.0330. The first-order chi connectivity index (χ1) is 13.6. The van der Waals surface area contributed by atoms with Crippen LogP contribution in [0.25, 0.3) is 0 Å². The Labute approximate surface area is 172 Å². The van der Waals surface area contributed by atoms with Crippen LogP contribution in [0.15, 0.2) is 34.8 Å². The molecule has 8 heteroatoms. The van der Waals surface area contributed by atoms with Crippen molar-refractivity contribution < 1.29 is 4.74 Å². The van der Waals surface area contributed by atoms with Gasteiger partial charge in [0.2, 0.25) is 0 Å². The van der Waals surface area contributed by atoms with Gasteiger partial charge in [-0.2, -0.15) is 0 Å². The van der Waals surface area contributed by atoms with E-state index in [-0.39, 0.29) is 6.10 Å². The summed E-state index contributed by atoms with van der Waals surface area (Å²) in [7, 11) is 3.75. The first-order valence-corrected chi connectivity index (χ1v) is 10.6. The van der Waals surface area contributed by atoms with Crippen molar-refractivity contribution in [2.45, 2.75) is 39.3 Å². The summed E-state index contributed by atoms with van der Waals surface area (Å²) < 4.78 is 5.34. The van der Waals surface area contributed by atoms with Gasteiger partial charge in [0.25, 0.3) is 0 Å². The van der Waals surface area contributed by atoms with Gasteiger partial charge in [-0.05, 0) is 38.8 Å². The van der Waals surface area contributed by atoms with E-state index in [2.05, 4.69) is 37.8 Å². The number of methoxy groups -OCH3 is 1. The third kappa shape index (κ3) is 7.44. The van der Waals surface area contributed by atoms with Crippen molar-refractivity contribution in [3.8, 4) is 0 Å². The molecule has 1 atom stereocenters. The Balaban J connectivity index is 1.77. The smallest absolute Gasteiger partial charge is 0.194 e. The van der Waals surface area contributed by atoms with Crippen molar-refractivity contribution in [1.82, 2.24) is 20.2 Å². The number of aliphatic imine (C=N–C) groups is 1. The second-order valence-corrected chi connectivity index (χ2v) is 7.39. The van der Waals surface area contributed by atoms with Crippen LogP contribution < -0.4 is 10.6 Å². The molecular formula is C20H32N6OS. The van der Waals surface area contributed by atoms with Gasteiger partial charge < -0.3 is 20.3 Å². The van der Waals surface area contributed by atoms with Crippen LogP contribution in [0.3, 0.4) is 0 Å². The quantitative estimate of drug-likeness (QED) is 0.339. The molecule has 0 saturated heterocycles. The molecule has 0 bridgehead atoms. The van der Waals surface area contributed by atoms with Crippen molar-refractivity contribution in [3.63, 3.8) is 0 Å². The summed E-state index contributed by atoms with van der Waals surface area (Å²) in [5.41, 5.74) is 1.04. The molecule has 2 N–H and O–H groups in total. The Morgan fingerprint density at radius 3 is 2.93 bits per heavy atom. The predicted molar refractivity (Wildman–Crippen MR) is 117 cm³/mol. The lowest BCUT2D eigenvalue weighted by atomic mass is 10.3. The summed E-state index contributed by atoms with van der Waals surface area (Å²) >= 11 is 1.64. The van der Waals surface area contributed by atoms with Gasteiger partial charge in [0.1, 0.15) is 16.9 Å². The normalized spacial score (nSPS) is 12.6. The van der Waals surface area contributed by atoms with Gasteiger partial charge in [-0.1, -0.05) is 6.07 Å². The monoisotopic (exact) mass is 404 g/mol. The first kappa shape index (κ1) is 22.1. The average Bonchev–Trinajstić information content (AvgIpc) is 3.18. The van der Waals surface area contributed by atoms with Gasteiger partial charge in [-0.25, -0.2) is 9.97 Å². The molecule has 28 heavy (non-hydrogen) atoms. The van der Waals surface area contributed by atoms with E-state index < -0.39 is 0 Å². The van der Waals surface area contributed by atoms with Crippen molar-refractivity contribution in [2.24, 2.45) is 4.99 Å². The highest BCUT2D eigenvalue weighted by molar-refractivity contribution is 7.09. The molecule has 1 unspecified atom stereocenters. The molecule has 2 aromatic rings. The Morgan fingerprint density at radius 2 is 2.21 bits per heavy atom. The highest BCUT2D eigenvalue weighted by Crippen LogP contribution is 2.20. The lowest BCUT2D eigenvalue weighted by Crippen LogP contribution is -2.38. The zero-order valence-electron chi connectivity index (χ0n) is 17.3. The van der Waals surface area contributed by atoms with E-state index in [0.717, 1.165) is 61.5 Å². The van der Waals surface area contributed by atoms with Crippen LogP contribution in [0, 0.1) is 0 Å². The molecule has 0 spiro atoms. The number of nitrogens with zero attached hydrogens (tertiary/aromatic N) is 4. The molecule has 7 nitrogen and oxygen atoms in total. The van der Waals surface area contributed by atoms with Crippen LogP contribution >= 0.6 is 11.3 Å². The minimum Gasteiger partial charge on any atom is -0.375 e. The number of ether oxygens (including phenoxy) is 1. The van der Waals surface area contributed by atoms with E-state index in [0.29, 0.717) is 0 Å². The van der Waals surface area contributed by atoms with E-state index in [1.165, 1.54) is 0 Å². The number of guanidine groups is 1. The summed E-state index contributed by atoms with van der Waals surface area (Å²) in [6, 6.07) is 5.89. The van der Waals surface area contributed by atoms with E-state index in [1.54, 1.807) is 24.6 Å². The Morgan fingerprint density at radius 1 is 1.36 bits per heavy atom. The van der Waals surface area contributed by atoms with Crippen molar-refractivity contribution >= 4 is 23.1 Å². The molecule has 0 aliphatic rings. The van der Waals surface area contributed by atoms with Gasteiger partial charge in [0, 0.05) is 45.4 Å². The number of hydrogen-bond donors (Lipinski definition) is 2. The van der Waals surface area contributed by atoms with E-state index in [4.69, 9.17) is 9.73 Å². The number of thiazole rings is 1. The lowest BCUT2D eigenvalue weighted by molar-refractivity contribution is 0.119. The second-order valence-electron chi connectivity index (χ2n) is 6.50. The predicted octanol–water partition coefficient (Wildman–Crippen LogP) is 3.54. The van der Waals surface area contributed by atoms with E-state index in [9.17, 15) is 0 Å². The Bertz CT molecular complexity index is 706. The van der Waals surface area contributed by atoms with Crippen LogP contribution in [0.5, 0.6) is 0 Å². The molecule has 154 valence electrons. The van der Waals surface area contributed by atoms with Crippen LogP contribution in [0.4, 0.5) is 5.82 Å². The molecule has 0 aromatic carbocycles. The maximum absolute atomic E-state index is 5.34. The number of rotatable bonds is 11. The van der Waals surface area contributed by atoms with Gasteiger partial charge in [-0.3, -0.25) is 4.99 Å². The fraction of sp³-hybridized carbons (Fsp3) is 0.550. The number of pyridine rings is 1. The molecule has 0 aliphatic carbocycles. The topological polar surface area (TPSA) is 74.7 Å². The summed E-state index contributed by atoms with van der Waals surface area (Å²) in [5.74, 6) is 1.83. The summed E-state index contributed by atoms with van der Waals surface area (Å²) in [6.07, 6.45) is 3.90. The standard InChI is InChI=1S/C20H32N6OS/c1-5-21-20(24-13-9-8-12-23-18-10-6-7-11-22-18)26(3)14-17-15-28-19(25-17)16(2)27-4/h6-7,10-11,15-16H,5,8-9,12-14H2,1-4H3,(H,21,24)(H,22,23). The van der Waals surface area contributed by atoms with Crippen LogP contribution in [0.2, 0.25) is 0 Å². The zero-order valence-corrected chi connectivity index (χ0v) is 18.1. The van der Waals surface area contributed by atoms with Crippen molar-refractivity contribution in [2.75, 3.05) is 39.1 Å². The summed E-state index contributed by atoms with van der Waals surface area (Å²) in [4.78, 5) is 15.8. The molecule has 0 aliphatic heterocycles. The highest BCUT2D eigenvalue weighted by Gasteiger charge is 2.12. The van der Waals surface area contributed by atoms with Crippen molar-refractivity contribution in [1.29, 1.82) is 0 Å².